The summed E-state index contributed by atoms with van der Waals surface area (Å²) in [7, 11) is 0. The molecular formula is C15H20N2O. The number of benzene rings is 1. The number of carbonyl (C=O) groups excluding carboxylic acids is 1. The fourth-order valence-electron chi connectivity index (χ4n) is 2.20. The molecule has 18 heavy (non-hydrogen) atoms. The molecule has 0 unspecified atom stereocenters. The molecular weight excluding hydrogens is 224 g/mol. The van der Waals surface area contributed by atoms with Crippen LogP contribution in [0.15, 0.2) is 36.5 Å². The van der Waals surface area contributed by atoms with E-state index in [1.54, 1.807) is 4.90 Å². The van der Waals surface area contributed by atoms with Crippen molar-refractivity contribution in [3.8, 4) is 0 Å². The average Bonchev–Trinajstić information content (AvgIpc) is 2.28. The second-order valence-electron chi connectivity index (χ2n) is 5.70. The Kier molecular flexibility index (Phi) is 3.16. The zero-order valence-electron chi connectivity index (χ0n) is 11.3. The highest BCUT2D eigenvalue weighted by Gasteiger charge is 2.26. The van der Waals surface area contributed by atoms with Crippen molar-refractivity contribution in [2.75, 3.05) is 11.4 Å². The molecule has 1 aliphatic rings. The van der Waals surface area contributed by atoms with Gasteiger partial charge in [-0.3, -0.25) is 4.90 Å². The quantitative estimate of drug-likeness (QED) is 0.806. The summed E-state index contributed by atoms with van der Waals surface area (Å²) in [4.78, 5) is 13.8. The summed E-state index contributed by atoms with van der Waals surface area (Å²) in [5.41, 5.74) is 3.00. The van der Waals surface area contributed by atoms with Gasteiger partial charge < -0.3 is 5.32 Å². The van der Waals surface area contributed by atoms with Gasteiger partial charge in [-0.05, 0) is 17.0 Å². The van der Waals surface area contributed by atoms with Crippen molar-refractivity contribution in [2.24, 2.45) is 0 Å². The van der Waals surface area contributed by atoms with Crippen LogP contribution in [0.4, 0.5) is 10.5 Å². The van der Waals surface area contributed by atoms with Gasteiger partial charge in [-0.25, -0.2) is 4.79 Å². The molecule has 2 amide bonds. The lowest BCUT2D eigenvalue weighted by Crippen LogP contribution is -2.45. The highest BCUT2D eigenvalue weighted by Crippen LogP contribution is 2.32. The first-order valence-electron chi connectivity index (χ1n) is 6.25. The lowest BCUT2D eigenvalue weighted by molar-refractivity contribution is 0.246. The Morgan fingerprint density at radius 2 is 1.94 bits per heavy atom. The molecule has 0 aliphatic carbocycles. The summed E-state index contributed by atoms with van der Waals surface area (Å²) in [6.45, 7) is 11.0. The maximum atomic E-state index is 12.0. The first kappa shape index (κ1) is 12.7. The highest BCUT2D eigenvalue weighted by molar-refractivity contribution is 5.95. The zero-order valence-corrected chi connectivity index (χ0v) is 11.3. The van der Waals surface area contributed by atoms with Crippen LogP contribution in [0.1, 0.15) is 32.8 Å². The number of rotatable bonds is 1. The molecule has 96 valence electrons. The second kappa shape index (κ2) is 4.48. The number of hydrogen-bond acceptors (Lipinski definition) is 1. The van der Waals surface area contributed by atoms with Crippen LogP contribution in [0.25, 0.3) is 0 Å². The second-order valence-corrected chi connectivity index (χ2v) is 5.70. The molecule has 1 aromatic carbocycles. The number of carbonyl (C=O) groups is 1. The van der Waals surface area contributed by atoms with Crippen LogP contribution in [-0.2, 0) is 5.41 Å². The summed E-state index contributed by atoms with van der Waals surface area (Å²) < 4.78 is 0. The van der Waals surface area contributed by atoms with Gasteiger partial charge in [0.05, 0.1) is 0 Å². The minimum atomic E-state index is -0.0806. The van der Waals surface area contributed by atoms with Crippen LogP contribution >= 0.6 is 0 Å². The molecule has 0 radical (unpaired) electrons. The Balaban J connectivity index is 2.39. The molecule has 1 N–H and O–H groups in total. The van der Waals surface area contributed by atoms with E-state index in [0.717, 1.165) is 17.8 Å². The average molecular weight is 244 g/mol. The van der Waals surface area contributed by atoms with Crippen LogP contribution < -0.4 is 10.2 Å². The third-order valence-corrected chi connectivity index (χ3v) is 3.17. The lowest BCUT2D eigenvalue weighted by Gasteiger charge is -2.33. The summed E-state index contributed by atoms with van der Waals surface area (Å²) >= 11 is 0. The fraction of sp³-hybridized carbons (Fsp3) is 0.400. The third kappa shape index (κ3) is 2.40. The lowest BCUT2D eigenvalue weighted by atomic mass is 9.85. The van der Waals surface area contributed by atoms with Gasteiger partial charge >= 0.3 is 6.03 Å². The molecule has 1 aliphatic heterocycles. The number of nitrogens with zero attached hydrogens (tertiary/aromatic N) is 1. The first-order chi connectivity index (χ1) is 8.39. The van der Waals surface area contributed by atoms with E-state index in [1.165, 1.54) is 5.56 Å². The maximum Gasteiger partial charge on any atom is 0.326 e. The Morgan fingerprint density at radius 3 is 2.56 bits per heavy atom. The Hall–Kier alpha value is -1.77. The number of hydrogen-bond donors (Lipinski definition) is 1. The van der Waals surface area contributed by atoms with E-state index < -0.39 is 0 Å². The zero-order chi connectivity index (χ0) is 13.3. The topological polar surface area (TPSA) is 32.3 Å². The van der Waals surface area contributed by atoms with Crippen molar-refractivity contribution in [1.82, 2.24) is 5.32 Å². The minimum absolute atomic E-state index is 0.0192. The monoisotopic (exact) mass is 244 g/mol. The Morgan fingerprint density at radius 1 is 1.28 bits per heavy atom. The van der Waals surface area contributed by atoms with E-state index in [2.05, 4.69) is 38.7 Å². The van der Waals surface area contributed by atoms with E-state index in [4.69, 9.17) is 0 Å². The van der Waals surface area contributed by atoms with Gasteiger partial charge in [0.25, 0.3) is 0 Å². The van der Waals surface area contributed by atoms with Crippen LogP contribution in [-0.4, -0.2) is 12.6 Å². The van der Waals surface area contributed by atoms with Crippen molar-refractivity contribution < 1.29 is 4.79 Å². The summed E-state index contributed by atoms with van der Waals surface area (Å²) in [5, 5.41) is 2.80. The van der Waals surface area contributed by atoms with Gasteiger partial charge in [0, 0.05) is 24.4 Å². The normalized spacial score (nSPS) is 16.7. The third-order valence-electron chi connectivity index (χ3n) is 3.17. The van der Waals surface area contributed by atoms with Gasteiger partial charge in [0.1, 0.15) is 0 Å². The predicted molar refractivity (Wildman–Crippen MR) is 74.8 cm³/mol. The summed E-state index contributed by atoms with van der Waals surface area (Å²) in [5.74, 6) is 0. The Labute approximate surface area is 108 Å². The molecule has 0 aromatic heterocycles. The number of nitrogens with one attached hydrogen (secondary N) is 1. The fourth-order valence-corrected chi connectivity index (χ4v) is 2.20. The highest BCUT2D eigenvalue weighted by atomic mass is 16.2. The van der Waals surface area contributed by atoms with Crippen LogP contribution in [0.2, 0.25) is 0 Å². The van der Waals surface area contributed by atoms with Crippen molar-refractivity contribution in [2.45, 2.75) is 32.6 Å². The molecule has 1 saturated heterocycles. The minimum Gasteiger partial charge on any atom is -0.312 e. The maximum absolute atomic E-state index is 12.0. The molecule has 2 rings (SSSR count). The van der Waals surface area contributed by atoms with Crippen LogP contribution in [0, 0.1) is 0 Å². The van der Waals surface area contributed by atoms with E-state index in [0.29, 0.717) is 6.54 Å². The number of amides is 2. The smallest absolute Gasteiger partial charge is 0.312 e. The number of urea groups is 1. The van der Waals surface area contributed by atoms with E-state index in [9.17, 15) is 4.79 Å². The SMILES string of the molecule is C=C1CCN(c2ccccc2C(C)(C)C)C(=O)N1. The van der Waals surface area contributed by atoms with Gasteiger partial charge in [0.15, 0.2) is 0 Å². The van der Waals surface area contributed by atoms with Gasteiger partial charge in [-0.15, -0.1) is 0 Å². The largest absolute Gasteiger partial charge is 0.326 e. The molecule has 3 nitrogen and oxygen atoms in total. The molecule has 1 aromatic rings. The molecule has 0 bridgehead atoms. The van der Waals surface area contributed by atoms with Crippen LogP contribution in [0.5, 0.6) is 0 Å². The van der Waals surface area contributed by atoms with Gasteiger partial charge in [-0.1, -0.05) is 45.5 Å². The molecule has 3 heteroatoms. The van der Waals surface area contributed by atoms with Crippen molar-refractivity contribution in [3.63, 3.8) is 0 Å². The first-order valence-corrected chi connectivity index (χ1v) is 6.25. The summed E-state index contributed by atoms with van der Waals surface area (Å²) in [6.07, 6.45) is 0.796. The van der Waals surface area contributed by atoms with Crippen molar-refractivity contribution in [1.29, 1.82) is 0 Å². The van der Waals surface area contributed by atoms with Crippen LogP contribution in [0.3, 0.4) is 0 Å². The predicted octanol–water partition coefficient (Wildman–Crippen LogP) is 3.42. The van der Waals surface area contributed by atoms with Crippen molar-refractivity contribution in [3.05, 3.63) is 42.1 Å². The van der Waals surface area contributed by atoms with E-state index in [-0.39, 0.29) is 11.4 Å². The van der Waals surface area contributed by atoms with Gasteiger partial charge in [-0.2, -0.15) is 0 Å². The molecule has 0 saturated carbocycles. The van der Waals surface area contributed by atoms with Gasteiger partial charge in [0.2, 0.25) is 0 Å². The summed E-state index contributed by atoms with van der Waals surface area (Å²) in [6, 6.07) is 8.01. The van der Waals surface area contributed by atoms with Crippen molar-refractivity contribution >= 4 is 11.7 Å². The molecule has 0 atom stereocenters. The van der Waals surface area contributed by atoms with E-state index in [1.807, 2.05) is 18.2 Å². The molecule has 1 heterocycles. The van der Waals surface area contributed by atoms with E-state index >= 15 is 0 Å². The number of para-hydroxylation sites is 1. The Bertz CT molecular complexity index is 486. The number of anilines is 1. The standard InChI is InChI=1S/C15H20N2O/c1-11-9-10-17(14(18)16-11)13-8-6-5-7-12(13)15(2,3)4/h5-8H,1,9-10H2,2-4H3,(H,16,18). The molecule has 0 spiro atoms. The molecule has 1 fully saturated rings.